The molecule has 0 unspecified atom stereocenters. The van der Waals surface area contributed by atoms with Crippen LogP contribution in [-0.2, 0) is 13.0 Å². The molecular formula is C19H37IN6OS. The summed E-state index contributed by atoms with van der Waals surface area (Å²) in [5.74, 6) is 2.51. The van der Waals surface area contributed by atoms with Gasteiger partial charge in [0.05, 0.1) is 6.10 Å². The van der Waals surface area contributed by atoms with E-state index in [9.17, 15) is 5.11 Å². The minimum atomic E-state index is -0.128. The van der Waals surface area contributed by atoms with Gasteiger partial charge in [-0.05, 0) is 51.2 Å². The van der Waals surface area contributed by atoms with Gasteiger partial charge in [-0.25, -0.2) is 0 Å². The second-order valence-corrected chi connectivity index (χ2v) is 8.39. The second-order valence-electron chi connectivity index (χ2n) is 7.62. The van der Waals surface area contributed by atoms with Crippen molar-refractivity contribution < 1.29 is 5.11 Å². The van der Waals surface area contributed by atoms with E-state index in [-0.39, 0.29) is 30.1 Å². The number of rotatable bonds is 9. The van der Waals surface area contributed by atoms with Crippen LogP contribution in [0.25, 0.3) is 0 Å². The molecule has 28 heavy (non-hydrogen) atoms. The third-order valence-corrected chi connectivity index (χ3v) is 5.40. The number of aromatic nitrogens is 3. The summed E-state index contributed by atoms with van der Waals surface area (Å²) in [6, 6.07) is 0.407. The van der Waals surface area contributed by atoms with Crippen molar-refractivity contribution in [1.29, 1.82) is 0 Å². The van der Waals surface area contributed by atoms with Crippen LogP contribution in [0.1, 0.15) is 58.7 Å². The van der Waals surface area contributed by atoms with E-state index in [0.29, 0.717) is 12.0 Å². The maximum atomic E-state index is 9.65. The quantitative estimate of drug-likeness (QED) is 0.151. The Labute approximate surface area is 191 Å². The first kappa shape index (κ1) is 25.5. The molecule has 0 atom stereocenters. The fraction of sp³-hybridized carbons (Fsp3) is 0.842. The molecule has 1 aliphatic rings. The first-order chi connectivity index (χ1) is 13.0. The number of aliphatic imine (C=N–C) groups is 1. The van der Waals surface area contributed by atoms with Crippen LogP contribution in [0.4, 0.5) is 0 Å². The number of hydrogen-bond donors (Lipinski definition) is 3. The monoisotopic (exact) mass is 524 g/mol. The van der Waals surface area contributed by atoms with E-state index in [4.69, 9.17) is 4.99 Å². The molecule has 1 saturated carbocycles. The van der Waals surface area contributed by atoms with Crippen molar-refractivity contribution in [3.63, 3.8) is 0 Å². The number of thioether (sulfide) groups is 1. The van der Waals surface area contributed by atoms with Crippen LogP contribution in [-0.4, -0.2) is 57.3 Å². The van der Waals surface area contributed by atoms with Crippen LogP contribution >= 0.6 is 35.7 Å². The average Bonchev–Trinajstić information content (AvgIpc) is 3.01. The maximum absolute atomic E-state index is 9.65. The molecule has 1 aromatic heterocycles. The Morgan fingerprint density at radius 2 is 2.00 bits per heavy atom. The lowest BCUT2D eigenvalue weighted by Crippen LogP contribution is -2.45. The molecule has 1 aliphatic carbocycles. The van der Waals surface area contributed by atoms with E-state index in [0.717, 1.165) is 75.1 Å². The van der Waals surface area contributed by atoms with Crippen LogP contribution in [0, 0.1) is 5.92 Å². The smallest absolute Gasteiger partial charge is 0.191 e. The van der Waals surface area contributed by atoms with Gasteiger partial charge in [0.2, 0.25) is 0 Å². The van der Waals surface area contributed by atoms with Gasteiger partial charge in [0.25, 0.3) is 0 Å². The Balaban J connectivity index is 0.00000392. The van der Waals surface area contributed by atoms with E-state index >= 15 is 0 Å². The van der Waals surface area contributed by atoms with Crippen LogP contribution in [0.3, 0.4) is 0 Å². The molecule has 0 bridgehead atoms. The predicted octanol–water partition coefficient (Wildman–Crippen LogP) is 3.07. The van der Waals surface area contributed by atoms with Crippen molar-refractivity contribution in [2.45, 2.75) is 83.1 Å². The molecule has 0 aromatic carbocycles. The van der Waals surface area contributed by atoms with Gasteiger partial charge in [-0.1, -0.05) is 25.6 Å². The Kier molecular flexibility index (Phi) is 12.4. The largest absolute Gasteiger partial charge is 0.393 e. The van der Waals surface area contributed by atoms with Crippen molar-refractivity contribution in [2.24, 2.45) is 10.9 Å². The van der Waals surface area contributed by atoms with Gasteiger partial charge in [0, 0.05) is 32.1 Å². The third-order valence-electron chi connectivity index (χ3n) is 4.73. The fourth-order valence-corrected chi connectivity index (χ4v) is 3.89. The first-order valence-corrected chi connectivity index (χ1v) is 11.4. The molecular weight excluding hydrogens is 487 g/mol. The number of aryl methyl sites for hydroxylation is 1. The van der Waals surface area contributed by atoms with Crippen LogP contribution < -0.4 is 10.6 Å². The lowest BCUT2D eigenvalue weighted by molar-refractivity contribution is 0.120. The second kappa shape index (κ2) is 13.6. The molecule has 1 fully saturated rings. The minimum absolute atomic E-state index is 0. The highest BCUT2D eigenvalue weighted by molar-refractivity contribution is 14.0. The van der Waals surface area contributed by atoms with Gasteiger partial charge >= 0.3 is 0 Å². The Morgan fingerprint density at radius 1 is 1.29 bits per heavy atom. The van der Waals surface area contributed by atoms with E-state index in [1.54, 1.807) is 11.8 Å². The lowest BCUT2D eigenvalue weighted by atomic mass is 9.93. The molecule has 9 heteroatoms. The minimum Gasteiger partial charge on any atom is -0.393 e. The standard InChI is InChI=1S/C19H36N6OS.HI/c1-5-20-18(22-15-8-10-16(26)11-9-15)21-12-6-7-17-23-24-19(27-4)25(17)13-14(2)3;/h14-16,26H,5-13H2,1-4H3,(H2,20,21,22);1H. The van der Waals surface area contributed by atoms with Gasteiger partial charge < -0.3 is 20.3 Å². The average molecular weight is 525 g/mol. The molecule has 0 radical (unpaired) electrons. The van der Waals surface area contributed by atoms with E-state index < -0.39 is 0 Å². The van der Waals surface area contributed by atoms with Crippen molar-refractivity contribution in [3.05, 3.63) is 5.82 Å². The highest BCUT2D eigenvalue weighted by Gasteiger charge is 2.20. The summed E-state index contributed by atoms with van der Waals surface area (Å²) < 4.78 is 2.25. The number of aliphatic hydroxyl groups excluding tert-OH is 1. The summed E-state index contributed by atoms with van der Waals surface area (Å²) in [4.78, 5) is 4.73. The molecule has 0 spiro atoms. The van der Waals surface area contributed by atoms with E-state index in [1.807, 2.05) is 6.26 Å². The molecule has 1 heterocycles. The zero-order valence-corrected chi connectivity index (χ0v) is 20.8. The zero-order chi connectivity index (χ0) is 19.6. The number of nitrogens with zero attached hydrogens (tertiary/aromatic N) is 4. The third kappa shape index (κ3) is 8.44. The van der Waals surface area contributed by atoms with Gasteiger partial charge in [-0.15, -0.1) is 34.2 Å². The Hall–Kier alpha value is -0.550. The number of halogens is 1. The highest BCUT2D eigenvalue weighted by atomic mass is 127. The summed E-state index contributed by atoms with van der Waals surface area (Å²) in [7, 11) is 0. The van der Waals surface area contributed by atoms with E-state index in [1.165, 1.54) is 0 Å². The first-order valence-electron chi connectivity index (χ1n) is 10.2. The molecule has 0 saturated heterocycles. The van der Waals surface area contributed by atoms with Gasteiger partial charge in [0.1, 0.15) is 5.82 Å². The molecule has 7 nitrogen and oxygen atoms in total. The highest BCUT2D eigenvalue weighted by Crippen LogP contribution is 2.18. The summed E-state index contributed by atoms with van der Waals surface area (Å²) in [5.41, 5.74) is 0. The van der Waals surface area contributed by atoms with Gasteiger partial charge in [-0.3, -0.25) is 4.99 Å². The van der Waals surface area contributed by atoms with Crippen LogP contribution in [0.15, 0.2) is 10.1 Å². The van der Waals surface area contributed by atoms with Crippen LogP contribution in [0.5, 0.6) is 0 Å². The lowest BCUT2D eigenvalue weighted by Gasteiger charge is -2.27. The van der Waals surface area contributed by atoms with Crippen molar-refractivity contribution >= 4 is 41.7 Å². The number of hydrogen-bond acceptors (Lipinski definition) is 5. The normalized spacial score (nSPS) is 20.1. The number of nitrogens with one attached hydrogen (secondary N) is 2. The molecule has 0 aliphatic heterocycles. The Bertz CT molecular complexity index is 587. The molecule has 162 valence electrons. The summed E-state index contributed by atoms with van der Waals surface area (Å²) in [6.07, 6.45) is 7.51. The van der Waals surface area contributed by atoms with E-state index in [2.05, 4.69) is 46.2 Å². The van der Waals surface area contributed by atoms with Crippen molar-refractivity contribution in [1.82, 2.24) is 25.4 Å². The van der Waals surface area contributed by atoms with Gasteiger partial charge in [0.15, 0.2) is 11.1 Å². The van der Waals surface area contributed by atoms with Gasteiger partial charge in [-0.2, -0.15) is 0 Å². The molecule has 3 N–H and O–H groups in total. The molecule has 2 rings (SSSR count). The van der Waals surface area contributed by atoms with Crippen LogP contribution in [0.2, 0.25) is 0 Å². The molecule has 1 aromatic rings. The topological polar surface area (TPSA) is 87.4 Å². The predicted molar refractivity (Wildman–Crippen MR) is 128 cm³/mol. The summed E-state index contributed by atoms with van der Waals surface area (Å²) in [6.45, 7) is 9.09. The number of aliphatic hydroxyl groups is 1. The molecule has 0 amide bonds. The fourth-order valence-electron chi connectivity index (χ4n) is 3.37. The van der Waals surface area contributed by atoms with Crippen molar-refractivity contribution in [3.8, 4) is 0 Å². The number of guanidine groups is 1. The van der Waals surface area contributed by atoms with Crippen molar-refractivity contribution in [2.75, 3.05) is 19.3 Å². The maximum Gasteiger partial charge on any atom is 0.191 e. The Morgan fingerprint density at radius 3 is 2.61 bits per heavy atom. The summed E-state index contributed by atoms with van der Waals surface area (Å²) in [5, 5.41) is 26.2. The SMILES string of the molecule is CCNC(=NCCCc1nnc(SC)n1CC(C)C)NC1CCC(O)CC1.I. The summed E-state index contributed by atoms with van der Waals surface area (Å²) >= 11 is 1.65. The zero-order valence-electron chi connectivity index (χ0n) is 17.6.